The van der Waals surface area contributed by atoms with Gasteiger partial charge in [0.15, 0.2) is 5.82 Å². The predicted molar refractivity (Wildman–Crippen MR) is 86.6 cm³/mol. The van der Waals surface area contributed by atoms with Crippen molar-refractivity contribution in [3.63, 3.8) is 0 Å². The van der Waals surface area contributed by atoms with E-state index in [2.05, 4.69) is 15.2 Å². The van der Waals surface area contributed by atoms with Gasteiger partial charge in [0, 0.05) is 23.3 Å². The van der Waals surface area contributed by atoms with Crippen LogP contribution < -0.4 is 5.73 Å². The molecule has 1 heterocycles. The third-order valence-corrected chi connectivity index (χ3v) is 3.49. The molecule has 22 heavy (non-hydrogen) atoms. The molecule has 0 aliphatic carbocycles. The van der Waals surface area contributed by atoms with Crippen molar-refractivity contribution in [2.75, 3.05) is 12.3 Å². The number of anilines is 1. The fourth-order valence-corrected chi connectivity index (χ4v) is 2.40. The van der Waals surface area contributed by atoms with Crippen molar-refractivity contribution in [3.05, 3.63) is 39.0 Å². The quantitative estimate of drug-likeness (QED) is 0.575. The Hall–Kier alpha value is -2.23. The maximum Gasteiger partial charge on any atom is 0.163 e. The number of H-pyrrole nitrogens is 1. The van der Waals surface area contributed by atoms with Gasteiger partial charge in [-0.15, -0.1) is 0 Å². The minimum atomic E-state index is -0.0528. The lowest BCUT2D eigenvalue weighted by molar-refractivity contribution is 0.474. The van der Waals surface area contributed by atoms with E-state index in [0.717, 1.165) is 0 Å². The van der Waals surface area contributed by atoms with E-state index in [1.54, 1.807) is 6.07 Å². The lowest BCUT2D eigenvalue weighted by atomic mass is 10.1. The largest absolute Gasteiger partial charge is 0.506 e. The van der Waals surface area contributed by atoms with Crippen LogP contribution in [0.5, 0.6) is 5.75 Å². The fraction of sp³-hybridized carbons (Fsp3) is 0.214. The zero-order valence-electron chi connectivity index (χ0n) is 11.5. The van der Waals surface area contributed by atoms with E-state index in [1.165, 1.54) is 12.3 Å². The number of phenolic OH excluding ortho intramolecular Hbond substituents is 1. The number of nitrogen functional groups attached to an aromatic ring is 1. The number of aliphatic imine (C=N–C) groups is 1. The molecular weight excluding hydrogens is 325 g/mol. The number of nitrogens with two attached hydrogens (primary N) is 1. The van der Waals surface area contributed by atoms with Crippen molar-refractivity contribution in [1.29, 1.82) is 5.26 Å². The molecule has 4 N–H and O–H groups in total. The van der Waals surface area contributed by atoms with Gasteiger partial charge in [0.1, 0.15) is 17.4 Å². The molecule has 0 saturated carbocycles. The number of aromatic amines is 1. The number of aryl methyl sites for hydroxylation is 1. The Labute approximate surface area is 137 Å². The second kappa shape index (κ2) is 7.16. The first-order valence-corrected chi connectivity index (χ1v) is 7.19. The van der Waals surface area contributed by atoms with Gasteiger partial charge < -0.3 is 10.8 Å². The minimum Gasteiger partial charge on any atom is -0.506 e. The summed E-state index contributed by atoms with van der Waals surface area (Å²) in [5.74, 6) is 0.155. The van der Waals surface area contributed by atoms with Gasteiger partial charge in [-0.05, 0) is 25.0 Å². The average molecular weight is 338 g/mol. The number of nitriles is 1. The Morgan fingerprint density at radius 1 is 1.45 bits per heavy atom. The van der Waals surface area contributed by atoms with E-state index < -0.39 is 0 Å². The number of nitrogens with zero attached hydrogens (tertiary/aromatic N) is 3. The van der Waals surface area contributed by atoms with Crippen LogP contribution in [0.25, 0.3) is 0 Å². The molecule has 0 aliphatic heterocycles. The van der Waals surface area contributed by atoms with E-state index in [4.69, 9.17) is 34.2 Å². The van der Waals surface area contributed by atoms with Crippen LogP contribution in [-0.2, 0) is 6.42 Å². The molecule has 0 radical (unpaired) electrons. The summed E-state index contributed by atoms with van der Waals surface area (Å²) in [5.41, 5.74) is 7.09. The number of phenols is 1. The summed E-state index contributed by atoms with van der Waals surface area (Å²) in [6.45, 7) is 0.507. The first-order chi connectivity index (χ1) is 10.5. The number of halogens is 2. The maximum absolute atomic E-state index is 9.78. The van der Waals surface area contributed by atoms with Crippen molar-refractivity contribution in [2.45, 2.75) is 12.8 Å². The Morgan fingerprint density at radius 2 is 2.23 bits per heavy atom. The Morgan fingerprint density at radius 3 is 2.95 bits per heavy atom. The maximum atomic E-state index is 9.78. The molecule has 114 valence electrons. The molecule has 0 aliphatic rings. The topological polar surface area (TPSA) is 111 Å². The highest BCUT2D eigenvalue weighted by molar-refractivity contribution is 6.36. The van der Waals surface area contributed by atoms with E-state index in [9.17, 15) is 5.11 Å². The van der Waals surface area contributed by atoms with Crippen LogP contribution in [0.3, 0.4) is 0 Å². The normalized spacial score (nSPS) is 11.0. The molecule has 1 aromatic heterocycles. The number of rotatable bonds is 5. The number of nitrogens with one attached hydrogen (secondary N) is 1. The molecule has 1 aromatic carbocycles. The van der Waals surface area contributed by atoms with Gasteiger partial charge in [-0.25, -0.2) is 0 Å². The van der Waals surface area contributed by atoms with Gasteiger partial charge >= 0.3 is 0 Å². The molecule has 0 fully saturated rings. The molecule has 0 atom stereocenters. The van der Waals surface area contributed by atoms with Crippen LogP contribution in [-0.4, -0.2) is 28.1 Å². The van der Waals surface area contributed by atoms with Crippen molar-refractivity contribution < 1.29 is 5.11 Å². The first kappa shape index (κ1) is 16.1. The van der Waals surface area contributed by atoms with Gasteiger partial charge in [-0.2, -0.15) is 10.4 Å². The van der Waals surface area contributed by atoms with Crippen LogP contribution >= 0.6 is 23.2 Å². The van der Waals surface area contributed by atoms with Crippen molar-refractivity contribution in [2.24, 2.45) is 4.99 Å². The van der Waals surface area contributed by atoms with Crippen molar-refractivity contribution in [1.82, 2.24) is 10.2 Å². The highest BCUT2D eigenvalue weighted by Crippen LogP contribution is 2.29. The Bertz CT molecular complexity index is 748. The summed E-state index contributed by atoms with van der Waals surface area (Å²) in [4.78, 5) is 4.21. The van der Waals surface area contributed by atoms with E-state index >= 15 is 0 Å². The van der Waals surface area contributed by atoms with E-state index in [-0.39, 0.29) is 16.6 Å². The third kappa shape index (κ3) is 3.70. The van der Waals surface area contributed by atoms with Crippen LogP contribution in [0, 0.1) is 11.3 Å². The molecule has 2 aromatic rings. The van der Waals surface area contributed by atoms with E-state index in [0.29, 0.717) is 41.2 Å². The monoisotopic (exact) mass is 337 g/mol. The molecule has 6 nitrogen and oxygen atoms in total. The number of benzene rings is 1. The average Bonchev–Trinajstić information content (AvgIpc) is 2.83. The number of aromatic nitrogens is 2. The summed E-state index contributed by atoms with van der Waals surface area (Å²) < 4.78 is 0. The zero-order valence-corrected chi connectivity index (χ0v) is 13.0. The third-order valence-electron chi connectivity index (χ3n) is 2.98. The van der Waals surface area contributed by atoms with Gasteiger partial charge in [0.05, 0.1) is 10.7 Å². The lowest BCUT2D eigenvalue weighted by Gasteiger charge is -2.02. The van der Waals surface area contributed by atoms with Gasteiger partial charge in [-0.1, -0.05) is 23.2 Å². The van der Waals surface area contributed by atoms with Crippen molar-refractivity contribution in [3.8, 4) is 11.8 Å². The first-order valence-electron chi connectivity index (χ1n) is 6.43. The van der Waals surface area contributed by atoms with Gasteiger partial charge in [0.25, 0.3) is 0 Å². The van der Waals surface area contributed by atoms with Gasteiger partial charge in [-0.3, -0.25) is 10.1 Å². The van der Waals surface area contributed by atoms with Crippen LogP contribution in [0.2, 0.25) is 10.0 Å². The van der Waals surface area contributed by atoms with Crippen molar-refractivity contribution >= 4 is 35.2 Å². The molecule has 0 unspecified atom stereocenters. The molecule has 0 saturated heterocycles. The Balaban J connectivity index is 1.93. The van der Waals surface area contributed by atoms with Crippen LogP contribution in [0.4, 0.5) is 5.82 Å². The molecule has 0 bridgehead atoms. The molecular formula is C14H13Cl2N5O. The SMILES string of the molecule is N#Cc1c(N)n[nH]c1CCCN=Cc1cc(Cl)cc(Cl)c1O. The smallest absolute Gasteiger partial charge is 0.163 e. The second-order valence-corrected chi connectivity index (χ2v) is 5.38. The zero-order chi connectivity index (χ0) is 16.1. The second-order valence-electron chi connectivity index (χ2n) is 4.54. The number of hydrogen-bond donors (Lipinski definition) is 3. The summed E-state index contributed by atoms with van der Waals surface area (Å²) in [6, 6.07) is 5.05. The van der Waals surface area contributed by atoms with Gasteiger partial charge in [0.2, 0.25) is 0 Å². The predicted octanol–water partition coefficient (Wildman–Crippen LogP) is 2.93. The van der Waals surface area contributed by atoms with E-state index in [1.807, 2.05) is 6.07 Å². The van der Waals surface area contributed by atoms with Crippen LogP contribution in [0.15, 0.2) is 17.1 Å². The number of aromatic hydroxyl groups is 1. The standard InChI is InChI=1S/C14H13Cl2N5O/c15-9-4-8(13(22)11(16)5-9)7-19-3-1-2-12-10(6-17)14(18)21-20-12/h4-5,7,22H,1-3H2,(H3,18,20,21). The Kier molecular flexibility index (Phi) is 5.26. The lowest BCUT2D eigenvalue weighted by Crippen LogP contribution is -1.94. The summed E-state index contributed by atoms with van der Waals surface area (Å²) >= 11 is 11.7. The van der Waals surface area contributed by atoms with Crippen LogP contribution in [0.1, 0.15) is 23.2 Å². The molecule has 0 amide bonds. The summed E-state index contributed by atoms with van der Waals surface area (Å²) in [7, 11) is 0. The molecule has 2 rings (SSSR count). The number of hydrogen-bond acceptors (Lipinski definition) is 5. The highest BCUT2D eigenvalue weighted by atomic mass is 35.5. The minimum absolute atomic E-state index is 0.0528. The fourth-order valence-electron chi connectivity index (χ4n) is 1.89. The summed E-state index contributed by atoms with van der Waals surface area (Å²) in [6.07, 6.45) is 2.81. The summed E-state index contributed by atoms with van der Waals surface area (Å²) in [5, 5.41) is 25.9. The highest BCUT2D eigenvalue weighted by Gasteiger charge is 2.09. The molecule has 8 heteroatoms. The molecule has 0 spiro atoms.